The van der Waals surface area contributed by atoms with Gasteiger partial charge in [-0.3, -0.25) is 4.90 Å². The number of rotatable bonds is 26. The van der Waals surface area contributed by atoms with Crippen molar-refractivity contribution in [3.05, 3.63) is 78.4 Å². The van der Waals surface area contributed by atoms with E-state index < -0.39 is 23.8 Å². The van der Waals surface area contributed by atoms with Crippen molar-refractivity contribution in [1.82, 2.24) is 4.90 Å². The number of nitrogens with zero attached hydrogens (tertiary/aromatic N) is 2. The zero-order valence-electron chi connectivity index (χ0n) is 33.7. The highest BCUT2D eigenvalue weighted by Crippen LogP contribution is 2.62. The lowest BCUT2D eigenvalue weighted by Crippen LogP contribution is -2.70. The molecule has 3 aliphatic rings. The Morgan fingerprint density at radius 3 is 2.55 bits per heavy atom. The molecule has 58 heavy (non-hydrogen) atoms. The molecule has 6 atom stereocenters. The Morgan fingerprint density at radius 1 is 1.03 bits per heavy atom. The van der Waals surface area contributed by atoms with Gasteiger partial charge in [0.15, 0.2) is 0 Å². The number of carbonyl (C=O) groups is 1. The molecule has 2 aromatic rings. The van der Waals surface area contributed by atoms with Crippen molar-refractivity contribution < 1.29 is 48.6 Å². The summed E-state index contributed by atoms with van der Waals surface area (Å²) in [5.74, 6) is 0.267. The number of fused-ring (bicyclic) bond motifs is 2. The summed E-state index contributed by atoms with van der Waals surface area (Å²) in [6.07, 6.45) is 8.21. The standard InChI is InChI=1S/C44H61ClN2O10S/c1-3-23-55-44-40(47(19-25-52-26-22-50)43(51)54-24-18-45)31-38(46-56-4-2)36-29-32(12-8-10-20-48)35(15-9-11-21-49)41(42(36)44)37-30-33(16-17-39(37)57-44)53-27-28-58-34-13-6-5-7-14-34/h3,5-7,13-14,16-17,29-30,32,35,40-42,48-50H,1,4,8-12,15,18-28,31H2,2H3/t32-,35+,40-,41+,42+,44+/m0/s1. The van der Waals surface area contributed by atoms with Crippen molar-refractivity contribution in [1.29, 1.82) is 0 Å². The summed E-state index contributed by atoms with van der Waals surface area (Å²) < 4.78 is 32.0. The zero-order valence-corrected chi connectivity index (χ0v) is 35.3. The number of hydrogen-bond acceptors (Lipinski definition) is 12. The highest BCUT2D eigenvalue weighted by molar-refractivity contribution is 7.99. The Kier molecular flexibility index (Phi) is 19.0. The number of thioether (sulfide) groups is 1. The molecule has 2 aliphatic carbocycles. The number of aliphatic hydroxyl groups is 3. The van der Waals surface area contributed by atoms with Crippen molar-refractivity contribution in [2.24, 2.45) is 22.9 Å². The molecule has 12 nitrogen and oxygen atoms in total. The average Bonchev–Trinajstić information content (AvgIpc) is 3.24. The predicted octanol–water partition coefficient (Wildman–Crippen LogP) is 7.20. The predicted molar refractivity (Wildman–Crippen MR) is 226 cm³/mol. The summed E-state index contributed by atoms with van der Waals surface area (Å²) in [5, 5.41) is 33.9. The van der Waals surface area contributed by atoms with Crippen LogP contribution in [0.15, 0.2) is 82.9 Å². The van der Waals surface area contributed by atoms with E-state index >= 15 is 0 Å². The van der Waals surface area contributed by atoms with Crippen LogP contribution in [0.3, 0.4) is 0 Å². The third-order valence-corrected chi connectivity index (χ3v) is 12.1. The molecule has 1 heterocycles. The van der Waals surface area contributed by atoms with Gasteiger partial charge in [-0.05, 0) is 80.3 Å². The van der Waals surface area contributed by atoms with Gasteiger partial charge in [-0.2, -0.15) is 0 Å². The molecule has 0 saturated heterocycles. The lowest BCUT2D eigenvalue weighted by Gasteiger charge is -2.59. The molecule has 0 bridgehead atoms. The van der Waals surface area contributed by atoms with E-state index in [2.05, 4.69) is 30.9 Å². The van der Waals surface area contributed by atoms with E-state index in [4.69, 9.17) is 45.3 Å². The molecule has 1 fully saturated rings. The van der Waals surface area contributed by atoms with Crippen LogP contribution in [0, 0.1) is 17.8 Å². The third-order valence-electron chi connectivity index (χ3n) is 10.9. The average molecular weight is 845 g/mol. The highest BCUT2D eigenvalue weighted by atomic mass is 35.5. The summed E-state index contributed by atoms with van der Waals surface area (Å²) in [7, 11) is 0. The maximum absolute atomic E-state index is 14.1. The number of amides is 1. The molecule has 1 saturated carbocycles. The van der Waals surface area contributed by atoms with Gasteiger partial charge in [0.1, 0.15) is 30.8 Å². The number of carbonyl (C=O) groups excluding carboxylic acids is 1. The Labute approximate surface area is 352 Å². The number of hydrogen-bond donors (Lipinski definition) is 3. The van der Waals surface area contributed by atoms with E-state index in [9.17, 15) is 20.1 Å². The second-order valence-corrected chi connectivity index (χ2v) is 16.1. The van der Waals surface area contributed by atoms with Gasteiger partial charge in [0, 0.05) is 48.3 Å². The summed E-state index contributed by atoms with van der Waals surface area (Å²) in [5.41, 5.74) is 2.60. The largest absolute Gasteiger partial charge is 0.493 e. The fourth-order valence-electron chi connectivity index (χ4n) is 8.63. The number of benzene rings is 2. The first-order valence-corrected chi connectivity index (χ1v) is 22.2. The van der Waals surface area contributed by atoms with Crippen LogP contribution in [0.1, 0.15) is 63.4 Å². The van der Waals surface area contributed by atoms with Gasteiger partial charge < -0.3 is 43.8 Å². The molecule has 0 aromatic heterocycles. The maximum Gasteiger partial charge on any atom is 0.410 e. The highest BCUT2D eigenvalue weighted by Gasteiger charge is 2.65. The van der Waals surface area contributed by atoms with E-state index in [0.717, 1.165) is 48.3 Å². The second kappa shape index (κ2) is 24.1. The molecule has 1 amide bonds. The molecule has 0 spiro atoms. The van der Waals surface area contributed by atoms with E-state index in [-0.39, 0.29) is 82.8 Å². The fraction of sp³-hybridized carbons (Fsp3) is 0.591. The molecule has 3 N–H and O–H groups in total. The summed E-state index contributed by atoms with van der Waals surface area (Å²) >= 11 is 7.74. The van der Waals surface area contributed by atoms with E-state index in [1.165, 1.54) is 4.90 Å². The molecular formula is C44H61ClN2O10S. The number of oxime groups is 1. The van der Waals surface area contributed by atoms with Crippen LogP contribution in [-0.2, 0) is 19.0 Å². The minimum atomic E-state index is -1.44. The first kappa shape index (κ1) is 45.8. The smallest absolute Gasteiger partial charge is 0.410 e. The Hall–Kier alpha value is -3.30. The van der Waals surface area contributed by atoms with Crippen molar-refractivity contribution >= 4 is 35.2 Å². The first-order valence-electron chi connectivity index (χ1n) is 20.6. The van der Waals surface area contributed by atoms with Crippen LogP contribution >= 0.6 is 23.4 Å². The number of aliphatic hydroxyl groups excluding tert-OH is 3. The summed E-state index contributed by atoms with van der Waals surface area (Å²) in [4.78, 5) is 22.7. The van der Waals surface area contributed by atoms with Crippen LogP contribution in [0.5, 0.6) is 11.5 Å². The lowest BCUT2D eigenvalue weighted by atomic mass is 9.55. The maximum atomic E-state index is 14.1. The number of alkyl halides is 1. The molecule has 0 radical (unpaired) electrons. The Bertz CT molecular complexity index is 1630. The van der Waals surface area contributed by atoms with Gasteiger partial charge in [-0.1, -0.05) is 48.3 Å². The summed E-state index contributed by atoms with van der Waals surface area (Å²) in [6, 6.07) is 15.4. The van der Waals surface area contributed by atoms with Gasteiger partial charge in [0.2, 0.25) is 5.79 Å². The van der Waals surface area contributed by atoms with Crippen molar-refractivity contribution in [2.75, 3.05) is 77.6 Å². The van der Waals surface area contributed by atoms with Gasteiger partial charge in [0.25, 0.3) is 0 Å². The van der Waals surface area contributed by atoms with Crippen molar-refractivity contribution in [2.45, 2.75) is 74.5 Å². The molecule has 0 unspecified atom stereocenters. The number of allylic oxidation sites excluding steroid dienone is 1. The normalized spacial score (nSPS) is 23.9. The quantitative estimate of drug-likeness (QED) is 0.0291. The fourth-order valence-corrected chi connectivity index (χ4v) is 9.46. The van der Waals surface area contributed by atoms with Crippen molar-refractivity contribution in [3.63, 3.8) is 0 Å². The number of halogens is 1. The Morgan fingerprint density at radius 2 is 1.83 bits per heavy atom. The van der Waals surface area contributed by atoms with E-state index in [0.29, 0.717) is 37.5 Å². The lowest BCUT2D eigenvalue weighted by molar-refractivity contribution is -0.256. The topological polar surface area (TPSA) is 149 Å². The first-order chi connectivity index (χ1) is 28.5. The monoisotopic (exact) mass is 844 g/mol. The second-order valence-electron chi connectivity index (χ2n) is 14.5. The van der Waals surface area contributed by atoms with Crippen LogP contribution < -0.4 is 9.47 Å². The minimum absolute atomic E-state index is 0.00249. The molecule has 2 aromatic carbocycles. The Balaban J connectivity index is 1.67. The molecule has 5 rings (SSSR count). The van der Waals surface area contributed by atoms with Crippen LogP contribution in [0.25, 0.3) is 0 Å². The van der Waals surface area contributed by atoms with Gasteiger partial charge >= 0.3 is 6.09 Å². The molecule has 320 valence electrons. The zero-order chi connectivity index (χ0) is 41.2. The molecule has 14 heteroatoms. The van der Waals surface area contributed by atoms with Crippen molar-refractivity contribution in [3.8, 4) is 11.5 Å². The minimum Gasteiger partial charge on any atom is -0.493 e. The van der Waals surface area contributed by atoms with Crippen LogP contribution in [0.4, 0.5) is 4.79 Å². The molecular weight excluding hydrogens is 784 g/mol. The van der Waals surface area contributed by atoms with Gasteiger partial charge in [0.05, 0.1) is 50.5 Å². The SMILES string of the molecule is C=CCO[C@@]12Oc3ccc(OCCSc4ccccc4)cc3[C@H]3[C@H](CCCCO)[C@@H](CCCCO)C=C(C(=NOCC)C[C@@H]1N(CCOCCO)C(=O)OCCCl)[C@H]32. The van der Waals surface area contributed by atoms with E-state index in [1.54, 1.807) is 22.7 Å². The third kappa shape index (κ3) is 11.5. The number of unbranched alkanes of at least 4 members (excludes halogenated alkanes) is 2. The van der Waals surface area contributed by atoms with Crippen LogP contribution in [0.2, 0.25) is 0 Å². The molecule has 1 aliphatic heterocycles. The van der Waals surface area contributed by atoms with Gasteiger partial charge in [-0.25, -0.2) is 4.79 Å². The van der Waals surface area contributed by atoms with Gasteiger partial charge in [-0.15, -0.1) is 29.9 Å². The van der Waals surface area contributed by atoms with E-state index in [1.807, 2.05) is 37.3 Å². The number of ether oxygens (including phenoxy) is 5. The summed E-state index contributed by atoms with van der Waals surface area (Å²) in [6.45, 7) is 7.21. The van der Waals surface area contributed by atoms with Crippen LogP contribution in [-0.4, -0.2) is 121 Å².